The summed E-state index contributed by atoms with van der Waals surface area (Å²) in [4.78, 5) is 34.4. The summed E-state index contributed by atoms with van der Waals surface area (Å²) in [6.07, 6.45) is 3.33. The molecule has 2 heterocycles. The first-order chi connectivity index (χ1) is 17.5. The van der Waals surface area contributed by atoms with Crippen molar-refractivity contribution >= 4 is 23.1 Å². The molecule has 1 aliphatic rings. The first-order valence-electron chi connectivity index (χ1n) is 12.2. The van der Waals surface area contributed by atoms with E-state index in [9.17, 15) is 14.7 Å². The molecule has 0 bridgehead atoms. The van der Waals surface area contributed by atoms with Crippen LogP contribution in [0.2, 0.25) is 0 Å². The van der Waals surface area contributed by atoms with E-state index in [1.165, 1.54) is 4.90 Å². The number of Topliss-reactive ketones (excluding diaryl/α,β-unsaturated/α-hetero) is 1. The van der Waals surface area contributed by atoms with Crippen molar-refractivity contribution in [3.8, 4) is 5.75 Å². The number of likely N-dealkylation sites (tertiary alicyclic amines) is 1. The monoisotopic (exact) mass is 485 g/mol. The summed E-state index contributed by atoms with van der Waals surface area (Å²) < 4.78 is 5.57. The van der Waals surface area contributed by atoms with Crippen LogP contribution in [-0.4, -0.2) is 46.4 Å². The Kier molecular flexibility index (Phi) is 7.68. The molecule has 1 unspecified atom stereocenters. The van der Waals surface area contributed by atoms with Gasteiger partial charge in [-0.15, -0.1) is 0 Å². The normalized spacial score (nSPS) is 16.9. The maximum Gasteiger partial charge on any atom is 0.295 e. The Labute approximate surface area is 211 Å². The lowest BCUT2D eigenvalue weighted by atomic mass is 9.95. The van der Waals surface area contributed by atoms with Crippen LogP contribution in [0.4, 0.5) is 5.69 Å². The van der Waals surface area contributed by atoms with Crippen LogP contribution < -0.4 is 9.64 Å². The van der Waals surface area contributed by atoms with Crippen molar-refractivity contribution in [1.82, 2.24) is 9.88 Å². The number of ketones is 1. The molecule has 7 heteroatoms. The topological polar surface area (TPSA) is 83.0 Å². The molecule has 1 amide bonds. The number of hydrogen-bond acceptors (Lipinski definition) is 6. The number of carbonyl (C=O) groups excluding carboxylic acids is 2. The lowest BCUT2D eigenvalue weighted by Crippen LogP contribution is -2.29. The average Bonchev–Trinajstić information content (AvgIpc) is 3.15. The van der Waals surface area contributed by atoms with Gasteiger partial charge in [0.1, 0.15) is 11.5 Å². The van der Waals surface area contributed by atoms with Gasteiger partial charge in [-0.25, -0.2) is 0 Å². The Balaban J connectivity index is 1.82. The number of aliphatic hydroxyl groups excluding tert-OH is 1. The lowest BCUT2D eigenvalue weighted by molar-refractivity contribution is -0.140. The van der Waals surface area contributed by atoms with Gasteiger partial charge in [0, 0.05) is 43.3 Å². The highest BCUT2D eigenvalue weighted by Gasteiger charge is 2.46. The summed E-state index contributed by atoms with van der Waals surface area (Å²) in [7, 11) is 0. The summed E-state index contributed by atoms with van der Waals surface area (Å²) in [5.41, 5.74) is 3.08. The van der Waals surface area contributed by atoms with Crippen LogP contribution in [0.15, 0.2) is 78.6 Å². The number of hydrogen-bond donors (Lipinski definition) is 1. The number of benzene rings is 2. The van der Waals surface area contributed by atoms with E-state index in [0.717, 1.165) is 29.9 Å². The van der Waals surface area contributed by atoms with Crippen LogP contribution in [-0.2, 0) is 16.1 Å². The third kappa shape index (κ3) is 4.96. The zero-order valence-electron chi connectivity index (χ0n) is 20.8. The van der Waals surface area contributed by atoms with Gasteiger partial charge >= 0.3 is 0 Å². The number of aliphatic hydroxyl groups is 1. The molecular weight excluding hydrogens is 454 g/mol. The molecule has 1 N–H and O–H groups in total. The molecule has 0 aliphatic carbocycles. The number of ether oxygens (including phenoxy) is 1. The van der Waals surface area contributed by atoms with Gasteiger partial charge in [0.15, 0.2) is 0 Å². The lowest BCUT2D eigenvalue weighted by Gasteiger charge is -2.26. The largest absolute Gasteiger partial charge is 0.507 e. The predicted octanol–water partition coefficient (Wildman–Crippen LogP) is 4.95. The Hall–Kier alpha value is -4.13. The number of nitrogens with zero attached hydrogens (tertiary/aromatic N) is 3. The quantitative estimate of drug-likeness (QED) is 0.262. The van der Waals surface area contributed by atoms with Crippen molar-refractivity contribution in [1.29, 1.82) is 0 Å². The van der Waals surface area contributed by atoms with Gasteiger partial charge in [0.05, 0.1) is 18.2 Å². The Morgan fingerprint density at radius 1 is 1.03 bits per heavy atom. The van der Waals surface area contributed by atoms with Crippen LogP contribution in [0.1, 0.15) is 43.5 Å². The second kappa shape index (κ2) is 11.1. The molecule has 4 rings (SSSR count). The van der Waals surface area contributed by atoms with Gasteiger partial charge in [-0.1, -0.05) is 30.3 Å². The van der Waals surface area contributed by atoms with Gasteiger partial charge < -0.3 is 19.6 Å². The molecule has 1 aromatic heterocycles. The second-order valence-electron chi connectivity index (χ2n) is 8.51. The summed E-state index contributed by atoms with van der Waals surface area (Å²) in [6.45, 7) is 8.46. The fourth-order valence-electron chi connectivity index (χ4n) is 4.59. The molecule has 0 spiro atoms. The molecule has 1 atom stereocenters. The van der Waals surface area contributed by atoms with Crippen LogP contribution in [0.3, 0.4) is 0 Å². The zero-order valence-corrected chi connectivity index (χ0v) is 20.8. The van der Waals surface area contributed by atoms with Crippen molar-refractivity contribution in [3.05, 3.63) is 95.3 Å². The molecule has 36 heavy (non-hydrogen) atoms. The highest BCUT2D eigenvalue weighted by Crippen LogP contribution is 2.41. The number of rotatable bonds is 9. The molecule has 1 fully saturated rings. The van der Waals surface area contributed by atoms with E-state index < -0.39 is 17.7 Å². The van der Waals surface area contributed by atoms with Crippen molar-refractivity contribution in [3.63, 3.8) is 0 Å². The van der Waals surface area contributed by atoms with E-state index in [-0.39, 0.29) is 17.9 Å². The van der Waals surface area contributed by atoms with E-state index in [0.29, 0.717) is 17.9 Å². The zero-order chi connectivity index (χ0) is 25.7. The van der Waals surface area contributed by atoms with Crippen molar-refractivity contribution in [2.24, 2.45) is 0 Å². The first kappa shape index (κ1) is 25.0. The van der Waals surface area contributed by atoms with Crippen molar-refractivity contribution < 1.29 is 19.4 Å². The van der Waals surface area contributed by atoms with Gasteiger partial charge in [0.2, 0.25) is 0 Å². The summed E-state index contributed by atoms with van der Waals surface area (Å²) in [5, 5.41) is 11.3. The van der Waals surface area contributed by atoms with Gasteiger partial charge in [-0.05, 0) is 62.2 Å². The second-order valence-corrected chi connectivity index (χ2v) is 8.51. The highest BCUT2D eigenvalue weighted by molar-refractivity contribution is 6.46. The van der Waals surface area contributed by atoms with Crippen LogP contribution >= 0.6 is 0 Å². The molecule has 7 nitrogen and oxygen atoms in total. The molecule has 1 saturated heterocycles. The molecule has 2 aromatic carbocycles. The van der Waals surface area contributed by atoms with Gasteiger partial charge in [-0.3, -0.25) is 14.6 Å². The summed E-state index contributed by atoms with van der Waals surface area (Å²) in [5.74, 6) is -1.01. The molecule has 0 saturated carbocycles. The maximum atomic E-state index is 13.3. The number of amides is 1. The Bertz CT molecular complexity index is 1250. The smallest absolute Gasteiger partial charge is 0.295 e. The highest BCUT2D eigenvalue weighted by atomic mass is 16.5. The first-order valence-corrected chi connectivity index (χ1v) is 12.2. The molecule has 186 valence electrons. The third-order valence-corrected chi connectivity index (χ3v) is 6.37. The van der Waals surface area contributed by atoms with Crippen LogP contribution in [0.25, 0.3) is 5.76 Å². The maximum absolute atomic E-state index is 13.3. The van der Waals surface area contributed by atoms with Gasteiger partial charge in [-0.2, -0.15) is 0 Å². The van der Waals surface area contributed by atoms with E-state index in [4.69, 9.17) is 4.74 Å². The minimum absolute atomic E-state index is 0.0631. The number of pyridine rings is 1. The molecule has 0 radical (unpaired) electrons. The van der Waals surface area contributed by atoms with E-state index in [1.807, 2.05) is 37.3 Å². The van der Waals surface area contributed by atoms with Gasteiger partial charge in [0.25, 0.3) is 11.7 Å². The molecule has 1 aliphatic heterocycles. The standard InChI is InChI=1S/C29H31N3O4/c1-4-31(5-2)23-14-12-21(13-15-23)26-25(27(33)22-10-7-11-24(17-22)36-6-3)28(34)29(35)32(26)19-20-9-8-16-30-18-20/h7-18,26,33H,4-6,19H2,1-3H3/b27-25-. The number of anilines is 1. The minimum Gasteiger partial charge on any atom is -0.507 e. The van der Waals surface area contributed by atoms with E-state index >= 15 is 0 Å². The number of aromatic nitrogens is 1. The van der Waals surface area contributed by atoms with E-state index in [2.05, 4.69) is 23.7 Å². The number of carbonyl (C=O) groups is 2. The van der Waals surface area contributed by atoms with Crippen LogP contribution in [0.5, 0.6) is 5.75 Å². The van der Waals surface area contributed by atoms with Crippen LogP contribution in [0, 0.1) is 0 Å². The van der Waals surface area contributed by atoms with Crippen molar-refractivity contribution in [2.75, 3.05) is 24.6 Å². The predicted molar refractivity (Wildman–Crippen MR) is 140 cm³/mol. The molecular formula is C29H31N3O4. The Morgan fingerprint density at radius 2 is 1.78 bits per heavy atom. The SMILES string of the molecule is CCOc1cccc(/C(O)=C2/C(=O)C(=O)N(Cc3cccnc3)C2c2ccc(N(CC)CC)cc2)c1. The average molecular weight is 486 g/mol. The minimum atomic E-state index is -0.744. The summed E-state index contributed by atoms with van der Waals surface area (Å²) in [6, 6.07) is 17.6. The summed E-state index contributed by atoms with van der Waals surface area (Å²) >= 11 is 0. The van der Waals surface area contributed by atoms with Crippen molar-refractivity contribution in [2.45, 2.75) is 33.4 Å². The molecule has 3 aromatic rings. The fraction of sp³-hybridized carbons (Fsp3) is 0.276. The van der Waals surface area contributed by atoms with E-state index in [1.54, 1.807) is 42.7 Å². The third-order valence-electron chi connectivity index (χ3n) is 6.37. The Morgan fingerprint density at radius 3 is 2.42 bits per heavy atom. The fourth-order valence-corrected chi connectivity index (χ4v) is 4.59.